The fourth-order valence-electron chi connectivity index (χ4n) is 3.00. The Morgan fingerprint density at radius 2 is 1.95 bits per heavy atom. The first-order chi connectivity index (χ1) is 8.94. The molecule has 2 amide bonds. The van der Waals surface area contributed by atoms with Crippen molar-refractivity contribution >= 4 is 12.0 Å². The standard InChI is InChI=1S/C13H23N3O3/c1-15(2)10-5-8-16(9-10)12(19)14-13(11(17)18)6-3-4-7-13/h10H,3-9H2,1-2H3,(H,14,19)(H,17,18). The van der Waals surface area contributed by atoms with Gasteiger partial charge in [-0.05, 0) is 33.4 Å². The topological polar surface area (TPSA) is 72.9 Å². The molecule has 0 aromatic carbocycles. The molecule has 2 fully saturated rings. The van der Waals surface area contributed by atoms with Crippen LogP contribution in [0.1, 0.15) is 32.1 Å². The highest BCUT2D eigenvalue weighted by Gasteiger charge is 2.44. The lowest BCUT2D eigenvalue weighted by molar-refractivity contribution is -0.144. The van der Waals surface area contributed by atoms with Gasteiger partial charge in [0.25, 0.3) is 0 Å². The van der Waals surface area contributed by atoms with Gasteiger partial charge in [0.1, 0.15) is 5.54 Å². The Bertz CT molecular complexity index is 364. The minimum atomic E-state index is -1.03. The third kappa shape index (κ3) is 2.83. The van der Waals surface area contributed by atoms with Crippen molar-refractivity contribution in [2.45, 2.75) is 43.7 Å². The van der Waals surface area contributed by atoms with Gasteiger partial charge in [-0.1, -0.05) is 12.8 Å². The van der Waals surface area contributed by atoms with Crippen LogP contribution in [0.15, 0.2) is 0 Å². The van der Waals surface area contributed by atoms with E-state index in [2.05, 4.69) is 10.2 Å². The number of aliphatic carboxylic acids is 1. The summed E-state index contributed by atoms with van der Waals surface area (Å²) in [5.74, 6) is -0.901. The molecular formula is C13H23N3O3. The van der Waals surface area contributed by atoms with E-state index in [4.69, 9.17) is 0 Å². The van der Waals surface area contributed by atoms with Gasteiger partial charge in [0.05, 0.1) is 0 Å². The predicted molar refractivity (Wildman–Crippen MR) is 71.0 cm³/mol. The molecule has 1 aliphatic carbocycles. The van der Waals surface area contributed by atoms with Crippen molar-refractivity contribution in [3.05, 3.63) is 0 Å². The van der Waals surface area contributed by atoms with Crippen molar-refractivity contribution < 1.29 is 14.7 Å². The Morgan fingerprint density at radius 1 is 1.32 bits per heavy atom. The van der Waals surface area contributed by atoms with E-state index < -0.39 is 11.5 Å². The molecule has 19 heavy (non-hydrogen) atoms. The summed E-state index contributed by atoms with van der Waals surface area (Å²) in [6.07, 6.45) is 3.76. The second-order valence-corrected chi connectivity index (χ2v) is 5.88. The molecule has 0 aromatic rings. The first-order valence-corrected chi connectivity index (χ1v) is 6.91. The Labute approximate surface area is 113 Å². The molecule has 1 heterocycles. The molecule has 1 saturated heterocycles. The average molecular weight is 269 g/mol. The first-order valence-electron chi connectivity index (χ1n) is 6.91. The van der Waals surface area contributed by atoms with Crippen LogP contribution in [0, 0.1) is 0 Å². The van der Waals surface area contributed by atoms with Crippen LogP contribution in [0.3, 0.4) is 0 Å². The van der Waals surface area contributed by atoms with Crippen LogP contribution in [0.4, 0.5) is 4.79 Å². The van der Waals surface area contributed by atoms with Crippen LogP contribution in [0.25, 0.3) is 0 Å². The normalized spacial score (nSPS) is 25.8. The third-order valence-corrected chi connectivity index (χ3v) is 4.39. The number of carbonyl (C=O) groups excluding carboxylic acids is 1. The van der Waals surface area contributed by atoms with Crippen molar-refractivity contribution in [1.82, 2.24) is 15.1 Å². The summed E-state index contributed by atoms with van der Waals surface area (Å²) in [6, 6.07) is 0.142. The van der Waals surface area contributed by atoms with Gasteiger partial charge in [0.2, 0.25) is 0 Å². The number of likely N-dealkylation sites (N-methyl/N-ethyl adjacent to an activating group) is 1. The van der Waals surface area contributed by atoms with Gasteiger partial charge in [0, 0.05) is 19.1 Å². The summed E-state index contributed by atoms with van der Waals surface area (Å²) < 4.78 is 0. The molecular weight excluding hydrogens is 246 g/mol. The lowest BCUT2D eigenvalue weighted by atomic mass is 9.98. The van der Waals surface area contributed by atoms with E-state index in [1.165, 1.54) is 0 Å². The number of hydrogen-bond donors (Lipinski definition) is 2. The lowest BCUT2D eigenvalue weighted by Crippen LogP contribution is -2.56. The molecule has 2 rings (SSSR count). The molecule has 2 N–H and O–H groups in total. The summed E-state index contributed by atoms with van der Waals surface area (Å²) in [7, 11) is 4.00. The van der Waals surface area contributed by atoms with Crippen LogP contribution in [0.5, 0.6) is 0 Å². The Hall–Kier alpha value is -1.30. The molecule has 0 aromatic heterocycles. The fourth-order valence-corrected chi connectivity index (χ4v) is 3.00. The number of amides is 2. The first kappa shape index (κ1) is 14.1. The van der Waals surface area contributed by atoms with Gasteiger partial charge in [-0.15, -0.1) is 0 Å². The number of carboxylic acids is 1. The molecule has 2 aliphatic rings. The zero-order valence-corrected chi connectivity index (χ0v) is 11.7. The van der Waals surface area contributed by atoms with Crippen molar-refractivity contribution in [3.63, 3.8) is 0 Å². The smallest absolute Gasteiger partial charge is 0.329 e. The Kier molecular flexibility index (Phi) is 3.99. The van der Waals surface area contributed by atoms with Crippen LogP contribution in [-0.2, 0) is 4.79 Å². The maximum Gasteiger partial charge on any atom is 0.329 e. The lowest BCUT2D eigenvalue weighted by Gasteiger charge is -2.29. The summed E-state index contributed by atoms with van der Waals surface area (Å²) in [4.78, 5) is 27.5. The van der Waals surface area contributed by atoms with E-state index >= 15 is 0 Å². The van der Waals surface area contributed by atoms with Crippen LogP contribution in [-0.4, -0.2) is 65.7 Å². The van der Waals surface area contributed by atoms with Crippen molar-refractivity contribution in [1.29, 1.82) is 0 Å². The van der Waals surface area contributed by atoms with Crippen molar-refractivity contribution in [2.75, 3.05) is 27.2 Å². The zero-order valence-electron chi connectivity index (χ0n) is 11.7. The number of urea groups is 1. The second kappa shape index (κ2) is 5.36. The Morgan fingerprint density at radius 3 is 2.42 bits per heavy atom. The average Bonchev–Trinajstić information content (AvgIpc) is 2.97. The van der Waals surface area contributed by atoms with Gasteiger partial charge < -0.3 is 20.2 Å². The molecule has 1 saturated carbocycles. The molecule has 0 radical (unpaired) electrons. The van der Waals surface area contributed by atoms with E-state index in [-0.39, 0.29) is 6.03 Å². The number of carboxylic acid groups (broad SMARTS) is 1. The van der Waals surface area contributed by atoms with Crippen LogP contribution < -0.4 is 5.32 Å². The fraction of sp³-hybridized carbons (Fsp3) is 0.846. The minimum absolute atomic E-state index is 0.228. The molecule has 6 heteroatoms. The van der Waals surface area contributed by atoms with Gasteiger partial charge in [-0.3, -0.25) is 0 Å². The highest BCUT2D eigenvalue weighted by molar-refractivity contribution is 5.86. The van der Waals surface area contributed by atoms with Crippen LogP contribution >= 0.6 is 0 Å². The highest BCUT2D eigenvalue weighted by Crippen LogP contribution is 2.30. The van der Waals surface area contributed by atoms with Crippen molar-refractivity contribution in [3.8, 4) is 0 Å². The Balaban J connectivity index is 1.96. The van der Waals surface area contributed by atoms with Gasteiger partial charge in [-0.25, -0.2) is 9.59 Å². The maximum absolute atomic E-state index is 12.2. The third-order valence-electron chi connectivity index (χ3n) is 4.39. The molecule has 1 atom stereocenters. The molecule has 1 aliphatic heterocycles. The summed E-state index contributed by atoms with van der Waals surface area (Å²) in [5.41, 5.74) is -1.03. The second-order valence-electron chi connectivity index (χ2n) is 5.88. The molecule has 0 spiro atoms. The summed E-state index contributed by atoms with van der Waals surface area (Å²) in [5, 5.41) is 12.1. The number of nitrogens with zero attached hydrogens (tertiary/aromatic N) is 2. The number of nitrogens with one attached hydrogen (secondary N) is 1. The zero-order chi connectivity index (χ0) is 14.0. The van der Waals surface area contributed by atoms with E-state index in [1.807, 2.05) is 14.1 Å². The van der Waals surface area contributed by atoms with E-state index in [0.717, 1.165) is 19.3 Å². The maximum atomic E-state index is 12.2. The summed E-state index contributed by atoms with van der Waals surface area (Å²) in [6.45, 7) is 1.37. The number of carbonyl (C=O) groups is 2. The quantitative estimate of drug-likeness (QED) is 0.792. The SMILES string of the molecule is CN(C)C1CCN(C(=O)NC2(C(=O)O)CCCC2)C1. The van der Waals surface area contributed by atoms with Gasteiger partial charge >= 0.3 is 12.0 Å². The number of rotatable bonds is 3. The molecule has 108 valence electrons. The molecule has 1 unspecified atom stereocenters. The number of likely N-dealkylation sites (tertiary alicyclic amines) is 1. The van der Waals surface area contributed by atoms with E-state index in [9.17, 15) is 14.7 Å². The largest absolute Gasteiger partial charge is 0.480 e. The van der Waals surface area contributed by atoms with E-state index in [1.54, 1.807) is 4.90 Å². The van der Waals surface area contributed by atoms with Gasteiger partial charge in [-0.2, -0.15) is 0 Å². The minimum Gasteiger partial charge on any atom is -0.480 e. The predicted octanol–water partition coefficient (Wildman–Crippen LogP) is 0.729. The summed E-state index contributed by atoms with van der Waals surface area (Å²) >= 11 is 0. The number of hydrogen-bond acceptors (Lipinski definition) is 3. The van der Waals surface area contributed by atoms with E-state index in [0.29, 0.717) is 32.0 Å². The van der Waals surface area contributed by atoms with Gasteiger partial charge in [0.15, 0.2) is 0 Å². The van der Waals surface area contributed by atoms with Crippen molar-refractivity contribution in [2.24, 2.45) is 0 Å². The molecule has 0 bridgehead atoms. The van der Waals surface area contributed by atoms with Crippen LogP contribution in [0.2, 0.25) is 0 Å². The highest BCUT2D eigenvalue weighted by atomic mass is 16.4. The monoisotopic (exact) mass is 269 g/mol. The molecule has 6 nitrogen and oxygen atoms in total.